The standard InChI is InChI=1S/C22H16F2N6O/c1-12-9-14-15(27-12)7-8-17(19(14)23)31-22-20(24)21(25-11-26-22)28-18-10-16(29-30-18)13-5-3-2-4-6-13/h2-11,27H,1H3,(H2,25,26,28,29,30). The third-order valence-corrected chi connectivity index (χ3v) is 4.71. The number of anilines is 2. The van der Waals surface area contributed by atoms with Crippen LogP contribution in [0, 0.1) is 18.6 Å². The zero-order valence-corrected chi connectivity index (χ0v) is 16.3. The van der Waals surface area contributed by atoms with E-state index in [0.717, 1.165) is 23.3 Å². The second-order valence-electron chi connectivity index (χ2n) is 6.89. The Morgan fingerprint density at radius 2 is 1.81 bits per heavy atom. The number of benzene rings is 2. The molecule has 3 heterocycles. The number of aromatic amines is 2. The minimum Gasteiger partial charge on any atom is -0.433 e. The van der Waals surface area contributed by atoms with Gasteiger partial charge in [0.25, 0.3) is 5.88 Å². The molecule has 2 aromatic carbocycles. The lowest BCUT2D eigenvalue weighted by Gasteiger charge is -2.09. The number of aryl methyl sites for hydroxylation is 1. The predicted molar refractivity (Wildman–Crippen MR) is 112 cm³/mol. The molecule has 31 heavy (non-hydrogen) atoms. The molecular formula is C22H16F2N6O. The maximum atomic E-state index is 14.9. The number of H-pyrrole nitrogens is 2. The summed E-state index contributed by atoms with van der Waals surface area (Å²) in [5.74, 6) is -1.79. The minimum atomic E-state index is -0.864. The summed E-state index contributed by atoms with van der Waals surface area (Å²) < 4.78 is 35.1. The lowest BCUT2D eigenvalue weighted by molar-refractivity contribution is 0.400. The van der Waals surface area contributed by atoms with Crippen LogP contribution < -0.4 is 10.1 Å². The van der Waals surface area contributed by atoms with Gasteiger partial charge in [-0.15, -0.1) is 0 Å². The zero-order chi connectivity index (χ0) is 21.4. The fraction of sp³-hybridized carbons (Fsp3) is 0.0455. The summed E-state index contributed by atoms with van der Waals surface area (Å²) in [5.41, 5.74) is 3.12. The average Bonchev–Trinajstić information content (AvgIpc) is 3.40. The van der Waals surface area contributed by atoms with Crippen LogP contribution in [-0.2, 0) is 0 Å². The summed E-state index contributed by atoms with van der Waals surface area (Å²) in [4.78, 5) is 10.7. The fourth-order valence-electron chi connectivity index (χ4n) is 3.26. The zero-order valence-electron chi connectivity index (χ0n) is 16.3. The molecule has 3 aromatic heterocycles. The second-order valence-corrected chi connectivity index (χ2v) is 6.89. The molecule has 0 fully saturated rings. The van der Waals surface area contributed by atoms with Crippen molar-refractivity contribution in [2.24, 2.45) is 0 Å². The summed E-state index contributed by atoms with van der Waals surface area (Å²) >= 11 is 0. The molecular weight excluding hydrogens is 402 g/mol. The van der Waals surface area contributed by atoms with E-state index < -0.39 is 17.5 Å². The van der Waals surface area contributed by atoms with Gasteiger partial charge < -0.3 is 15.0 Å². The van der Waals surface area contributed by atoms with Crippen LogP contribution in [0.5, 0.6) is 11.6 Å². The first-order valence-electron chi connectivity index (χ1n) is 9.42. The van der Waals surface area contributed by atoms with E-state index in [-0.39, 0.29) is 11.6 Å². The minimum absolute atomic E-state index is 0.138. The Balaban J connectivity index is 1.41. The molecule has 0 bridgehead atoms. The largest absolute Gasteiger partial charge is 0.433 e. The van der Waals surface area contributed by atoms with Crippen molar-refractivity contribution < 1.29 is 13.5 Å². The van der Waals surface area contributed by atoms with Crippen molar-refractivity contribution in [1.82, 2.24) is 25.1 Å². The van der Waals surface area contributed by atoms with Gasteiger partial charge in [0.15, 0.2) is 23.2 Å². The van der Waals surface area contributed by atoms with Gasteiger partial charge in [0.1, 0.15) is 6.33 Å². The summed E-state index contributed by atoms with van der Waals surface area (Å²) in [6, 6.07) is 16.0. The van der Waals surface area contributed by atoms with E-state index in [1.165, 1.54) is 6.07 Å². The molecule has 9 heteroatoms. The quantitative estimate of drug-likeness (QED) is 0.352. The highest BCUT2D eigenvalue weighted by molar-refractivity contribution is 5.82. The van der Waals surface area contributed by atoms with Crippen LogP contribution >= 0.6 is 0 Å². The number of nitrogens with one attached hydrogen (secondary N) is 3. The van der Waals surface area contributed by atoms with Gasteiger partial charge in [-0.25, -0.2) is 9.37 Å². The number of halogens is 2. The summed E-state index contributed by atoms with van der Waals surface area (Å²) in [5, 5.41) is 10.1. The van der Waals surface area contributed by atoms with Crippen LogP contribution in [0.4, 0.5) is 20.4 Å². The van der Waals surface area contributed by atoms with Crippen LogP contribution in [0.3, 0.4) is 0 Å². The van der Waals surface area contributed by atoms with E-state index in [4.69, 9.17) is 4.74 Å². The van der Waals surface area contributed by atoms with Gasteiger partial charge in [-0.2, -0.15) is 14.5 Å². The molecule has 0 unspecified atom stereocenters. The van der Waals surface area contributed by atoms with Crippen LogP contribution in [-0.4, -0.2) is 25.1 Å². The first kappa shape index (κ1) is 18.7. The van der Waals surface area contributed by atoms with Crippen LogP contribution in [0.15, 0.2) is 60.9 Å². The van der Waals surface area contributed by atoms with E-state index in [1.807, 2.05) is 37.3 Å². The van der Waals surface area contributed by atoms with Gasteiger partial charge >= 0.3 is 0 Å². The third-order valence-electron chi connectivity index (χ3n) is 4.71. The van der Waals surface area contributed by atoms with Crippen molar-refractivity contribution in [2.75, 3.05) is 5.32 Å². The molecule has 0 aliphatic heterocycles. The molecule has 5 aromatic rings. The number of aromatic nitrogens is 5. The maximum absolute atomic E-state index is 14.9. The van der Waals surface area contributed by atoms with Crippen molar-refractivity contribution in [3.63, 3.8) is 0 Å². The van der Waals surface area contributed by atoms with Crippen LogP contribution in [0.25, 0.3) is 22.2 Å². The van der Waals surface area contributed by atoms with E-state index in [1.54, 1.807) is 18.2 Å². The van der Waals surface area contributed by atoms with Crippen molar-refractivity contribution in [3.8, 4) is 22.9 Å². The Morgan fingerprint density at radius 1 is 0.968 bits per heavy atom. The molecule has 0 aliphatic carbocycles. The van der Waals surface area contributed by atoms with Gasteiger partial charge in [0, 0.05) is 22.7 Å². The fourth-order valence-corrected chi connectivity index (χ4v) is 3.26. The molecule has 5 rings (SSSR count). The first-order valence-corrected chi connectivity index (χ1v) is 9.42. The molecule has 3 N–H and O–H groups in total. The summed E-state index contributed by atoms with van der Waals surface area (Å²) in [6.45, 7) is 1.82. The number of hydrogen-bond acceptors (Lipinski definition) is 5. The second kappa shape index (κ2) is 7.52. The molecule has 0 amide bonds. The Hall–Kier alpha value is -4.27. The number of ether oxygens (including phenoxy) is 1. The van der Waals surface area contributed by atoms with Crippen molar-refractivity contribution in [1.29, 1.82) is 0 Å². The Bertz CT molecular complexity index is 1380. The molecule has 0 saturated heterocycles. The van der Waals surface area contributed by atoms with Gasteiger partial charge in [-0.3, -0.25) is 5.10 Å². The Morgan fingerprint density at radius 3 is 2.65 bits per heavy atom. The normalized spacial score (nSPS) is 11.1. The third kappa shape index (κ3) is 3.57. The van der Waals surface area contributed by atoms with Crippen molar-refractivity contribution >= 4 is 22.5 Å². The van der Waals surface area contributed by atoms with Crippen LogP contribution in [0.1, 0.15) is 5.69 Å². The molecule has 0 saturated carbocycles. The molecule has 0 radical (unpaired) electrons. The average molecular weight is 418 g/mol. The summed E-state index contributed by atoms with van der Waals surface area (Å²) in [6.07, 6.45) is 1.13. The summed E-state index contributed by atoms with van der Waals surface area (Å²) in [7, 11) is 0. The lowest BCUT2D eigenvalue weighted by Crippen LogP contribution is -2.02. The predicted octanol–water partition coefficient (Wildman–Crippen LogP) is 5.47. The van der Waals surface area contributed by atoms with E-state index in [2.05, 4.69) is 30.5 Å². The van der Waals surface area contributed by atoms with Crippen molar-refractivity contribution in [2.45, 2.75) is 6.92 Å². The van der Waals surface area contributed by atoms with E-state index in [0.29, 0.717) is 16.7 Å². The van der Waals surface area contributed by atoms with Gasteiger partial charge in [-0.05, 0) is 30.7 Å². The van der Waals surface area contributed by atoms with Gasteiger partial charge in [0.2, 0.25) is 5.82 Å². The van der Waals surface area contributed by atoms with E-state index >= 15 is 0 Å². The SMILES string of the molecule is Cc1cc2c(F)c(Oc3ncnc(Nc4cc(-c5ccccc5)[nH]n4)c3F)ccc2[nH]1. The van der Waals surface area contributed by atoms with Crippen LogP contribution in [0.2, 0.25) is 0 Å². The first-order chi connectivity index (χ1) is 15.1. The highest BCUT2D eigenvalue weighted by Gasteiger charge is 2.18. The van der Waals surface area contributed by atoms with Gasteiger partial charge in [-0.1, -0.05) is 30.3 Å². The lowest BCUT2D eigenvalue weighted by atomic mass is 10.2. The van der Waals surface area contributed by atoms with Gasteiger partial charge in [0.05, 0.1) is 5.69 Å². The molecule has 0 spiro atoms. The highest BCUT2D eigenvalue weighted by atomic mass is 19.1. The molecule has 154 valence electrons. The number of rotatable bonds is 5. The smallest absolute Gasteiger partial charge is 0.261 e. The highest BCUT2D eigenvalue weighted by Crippen LogP contribution is 2.32. The Kier molecular flexibility index (Phi) is 4.55. The molecule has 0 aliphatic rings. The Labute approximate surface area is 175 Å². The number of nitrogens with zero attached hydrogens (tertiary/aromatic N) is 3. The van der Waals surface area contributed by atoms with Crippen molar-refractivity contribution in [3.05, 3.63) is 78.3 Å². The number of hydrogen-bond donors (Lipinski definition) is 3. The molecule has 0 atom stereocenters. The number of fused-ring (bicyclic) bond motifs is 1. The topological polar surface area (TPSA) is 91.5 Å². The maximum Gasteiger partial charge on any atom is 0.261 e. The monoisotopic (exact) mass is 418 g/mol. The van der Waals surface area contributed by atoms with E-state index in [9.17, 15) is 8.78 Å². The molecule has 7 nitrogen and oxygen atoms in total.